The molecule has 22 heavy (non-hydrogen) atoms. The van der Waals surface area contributed by atoms with Gasteiger partial charge in [0.15, 0.2) is 0 Å². The van der Waals surface area contributed by atoms with Crippen molar-refractivity contribution < 1.29 is 17.9 Å². The number of hydrogen-bond acceptors (Lipinski definition) is 4. The maximum absolute atomic E-state index is 12.3. The highest BCUT2D eigenvalue weighted by molar-refractivity contribution is 7.92. The molecule has 0 heterocycles. The first-order valence-electron chi connectivity index (χ1n) is 6.45. The Balaban J connectivity index is 2.19. The van der Waals surface area contributed by atoms with Crippen molar-refractivity contribution in [3.63, 3.8) is 0 Å². The highest BCUT2D eigenvalue weighted by Gasteiger charge is 2.14. The molecule has 0 aliphatic heterocycles. The first-order valence-corrected chi connectivity index (χ1v) is 7.93. The molecule has 0 saturated carbocycles. The predicted octanol–water partition coefficient (Wildman–Crippen LogP) is 1.52. The van der Waals surface area contributed by atoms with Gasteiger partial charge >= 0.3 is 0 Å². The Morgan fingerprint density at radius 3 is 2.45 bits per heavy atom. The number of anilines is 1. The van der Waals surface area contributed by atoms with Crippen molar-refractivity contribution in [2.24, 2.45) is 5.73 Å². The van der Waals surface area contributed by atoms with Crippen LogP contribution in [0.2, 0.25) is 0 Å². The van der Waals surface area contributed by atoms with Gasteiger partial charge in [-0.3, -0.25) is 9.52 Å². The van der Waals surface area contributed by atoms with E-state index < -0.39 is 15.9 Å². The highest BCUT2D eigenvalue weighted by atomic mass is 32.2. The molecule has 0 spiro atoms. The van der Waals surface area contributed by atoms with Gasteiger partial charge in [-0.25, -0.2) is 8.42 Å². The Labute approximate surface area is 129 Å². The molecule has 2 rings (SSSR count). The molecular formula is C15H16N2O4S. The third-order valence-corrected chi connectivity index (χ3v) is 4.31. The fraction of sp³-hybridized carbons (Fsp3) is 0.133. The minimum absolute atomic E-state index is 0.105. The summed E-state index contributed by atoms with van der Waals surface area (Å²) in [7, 11) is -2.23. The summed E-state index contributed by atoms with van der Waals surface area (Å²) in [4.78, 5) is 10.9. The summed E-state index contributed by atoms with van der Waals surface area (Å²) >= 11 is 0. The molecule has 0 saturated heterocycles. The highest BCUT2D eigenvalue weighted by Crippen LogP contribution is 2.20. The number of ether oxygens (including phenoxy) is 1. The van der Waals surface area contributed by atoms with E-state index in [2.05, 4.69) is 4.72 Å². The zero-order valence-corrected chi connectivity index (χ0v) is 12.8. The first kappa shape index (κ1) is 15.8. The van der Waals surface area contributed by atoms with E-state index in [9.17, 15) is 13.2 Å². The lowest BCUT2D eigenvalue weighted by Crippen LogP contribution is -2.14. The molecule has 0 atom stereocenters. The number of amides is 1. The van der Waals surface area contributed by atoms with Gasteiger partial charge in [-0.1, -0.05) is 18.2 Å². The Kier molecular flexibility index (Phi) is 4.67. The molecule has 2 aromatic rings. The number of sulfonamides is 1. The van der Waals surface area contributed by atoms with Crippen LogP contribution in [0.5, 0.6) is 5.75 Å². The Bertz CT molecular complexity index is 770. The van der Waals surface area contributed by atoms with E-state index in [4.69, 9.17) is 10.5 Å². The van der Waals surface area contributed by atoms with Crippen LogP contribution in [0.15, 0.2) is 53.4 Å². The number of nitrogens with one attached hydrogen (secondary N) is 1. The second-order valence-corrected chi connectivity index (χ2v) is 6.31. The van der Waals surface area contributed by atoms with E-state index in [1.165, 1.54) is 19.2 Å². The van der Waals surface area contributed by atoms with Gasteiger partial charge in [-0.2, -0.15) is 0 Å². The summed E-state index contributed by atoms with van der Waals surface area (Å²) in [5.41, 5.74) is 6.22. The van der Waals surface area contributed by atoms with Gasteiger partial charge in [0, 0.05) is 11.8 Å². The van der Waals surface area contributed by atoms with Gasteiger partial charge in [0.2, 0.25) is 5.91 Å². The molecule has 0 unspecified atom stereocenters. The number of primary amides is 1. The summed E-state index contributed by atoms with van der Waals surface area (Å²) in [5.74, 6) is 0.0180. The fourth-order valence-electron chi connectivity index (χ4n) is 1.87. The molecule has 0 aromatic heterocycles. The normalized spacial score (nSPS) is 11.0. The lowest BCUT2D eigenvalue weighted by Gasteiger charge is -2.09. The van der Waals surface area contributed by atoms with Gasteiger partial charge in [-0.15, -0.1) is 0 Å². The molecule has 1 amide bonds. The molecule has 7 heteroatoms. The third kappa shape index (κ3) is 3.98. The summed E-state index contributed by atoms with van der Waals surface area (Å²) in [6.07, 6.45) is 0.114. The molecule has 6 nitrogen and oxygen atoms in total. The molecule has 0 bridgehead atoms. The minimum Gasteiger partial charge on any atom is -0.497 e. The largest absolute Gasteiger partial charge is 0.497 e. The van der Waals surface area contributed by atoms with Crippen molar-refractivity contribution >= 4 is 21.6 Å². The zero-order valence-electron chi connectivity index (χ0n) is 11.9. The summed E-state index contributed by atoms with van der Waals surface area (Å²) in [6, 6.07) is 12.6. The number of hydrogen-bond donors (Lipinski definition) is 2. The second kappa shape index (κ2) is 6.48. The van der Waals surface area contributed by atoms with Crippen molar-refractivity contribution in [2.75, 3.05) is 11.8 Å². The summed E-state index contributed by atoms with van der Waals surface area (Å²) in [5, 5.41) is 0. The Hall–Kier alpha value is -2.54. The SMILES string of the molecule is COc1cccc(S(=O)(=O)Nc2ccc(CC(N)=O)cc2)c1. The zero-order chi connectivity index (χ0) is 16.2. The lowest BCUT2D eigenvalue weighted by atomic mass is 10.1. The average molecular weight is 320 g/mol. The van der Waals surface area contributed by atoms with Gasteiger partial charge in [0.1, 0.15) is 5.75 Å². The van der Waals surface area contributed by atoms with Crippen molar-refractivity contribution in [3.8, 4) is 5.75 Å². The standard InChI is InChI=1S/C15H16N2O4S/c1-21-13-3-2-4-14(10-13)22(19,20)17-12-7-5-11(6-8-12)9-15(16)18/h2-8,10,17H,9H2,1H3,(H2,16,18). The summed E-state index contributed by atoms with van der Waals surface area (Å²) in [6.45, 7) is 0. The van der Waals surface area contributed by atoms with Crippen LogP contribution in [0.4, 0.5) is 5.69 Å². The van der Waals surface area contributed by atoms with Gasteiger partial charge in [-0.05, 0) is 29.8 Å². The number of nitrogens with two attached hydrogens (primary N) is 1. The van der Waals surface area contributed by atoms with Gasteiger partial charge in [0.05, 0.1) is 18.4 Å². The molecule has 0 aliphatic rings. The van der Waals surface area contributed by atoms with Gasteiger partial charge in [0.25, 0.3) is 10.0 Å². The van der Waals surface area contributed by atoms with E-state index >= 15 is 0 Å². The van der Waals surface area contributed by atoms with E-state index in [-0.39, 0.29) is 11.3 Å². The fourth-order valence-corrected chi connectivity index (χ4v) is 2.97. The van der Waals surface area contributed by atoms with Crippen LogP contribution in [0.1, 0.15) is 5.56 Å². The Morgan fingerprint density at radius 1 is 1.18 bits per heavy atom. The topological polar surface area (TPSA) is 98.5 Å². The molecule has 116 valence electrons. The minimum atomic E-state index is -3.70. The van der Waals surface area contributed by atoms with Gasteiger partial charge < -0.3 is 10.5 Å². The number of methoxy groups -OCH3 is 1. The molecule has 2 aromatic carbocycles. The van der Waals surface area contributed by atoms with Crippen LogP contribution < -0.4 is 15.2 Å². The van der Waals surface area contributed by atoms with E-state index in [0.717, 1.165) is 5.56 Å². The molecular weight excluding hydrogens is 304 g/mol. The van der Waals surface area contributed by atoms with E-state index in [1.54, 1.807) is 36.4 Å². The van der Waals surface area contributed by atoms with Crippen LogP contribution in [0, 0.1) is 0 Å². The maximum atomic E-state index is 12.3. The van der Waals surface area contributed by atoms with Crippen molar-refractivity contribution in [3.05, 3.63) is 54.1 Å². The van der Waals surface area contributed by atoms with E-state index in [1.807, 2.05) is 0 Å². The maximum Gasteiger partial charge on any atom is 0.262 e. The smallest absolute Gasteiger partial charge is 0.262 e. The molecule has 0 radical (unpaired) electrons. The van der Waals surface area contributed by atoms with Crippen LogP contribution in [-0.2, 0) is 21.2 Å². The quantitative estimate of drug-likeness (QED) is 0.843. The number of rotatable bonds is 6. The van der Waals surface area contributed by atoms with Crippen LogP contribution in [0.25, 0.3) is 0 Å². The average Bonchev–Trinajstić information content (AvgIpc) is 2.48. The molecule has 3 N–H and O–H groups in total. The number of benzene rings is 2. The molecule has 0 aliphatic carbocycles. The summed E-state index contributed by atoms with van der Waals surface area (Å²) < 4.78 is 32.1. The van der Waals surface area contributed by atoms with Crippen molar-refractivity contribution in [2.45, 2.75) is 11.3 Å². The third-order valence-electron chi connectivity index (χ3n) is 2.94. The van der Waals surface area contributed by atoms with Crippen LogP contribution >= 0.6 is 0 Å². The lowest BCUT2D eigenvalue weighted by molar-refractivity contribution is -0.117. The predicted molar refractivity (Wildman–Crippen MR) is 83.1 cm³/mol. The van der Waals surface area contributed by atoms with Crippen LogP contribution in [0.3, 0.4) is 0 Å². The van der Waals surface area contributed by atoms with Crippen molar-refractivity contribution in [1.82, 2.24) is 0 Å². The van der Waals surface area contributed by atoms with Crippen LogP contribution in [-0.4, -0.2) is 21.4 Å². The number of carbonyl (C=O) groups is 1. The second-order valence-electron chi connectivity index (χ2n) is 4.62. The van der Waals surface area contributed by atoms with Crippen molar-refractivity contribution in [1.29, 1.82) is 0 Å². The van der Waals surface area contributed by atoms with E-state index in [0.29, 0.717) is 11.4 Å². The number of carbonyl (C=O) groups excluding carboxylic acids is 1. The molecule has 0 fully saturated rings. The Morgan fingerprint density at radius 2 is 1.86 bits per heavy atom. The first-order chi connectivity index (χ1) is 10.4. The monoisotopic (exact) mass is 320 g/mol.